The van der Waals surface area contributed by atoms with Crippen molar-refractivity contribution in [3.05, 3.63) is 34.6 Å². The van der Waals surface area contributed by atoms with Crippen molar-refractivity contribution < 1.29 is 22.4 Å². The summed E-state index contributed by atoms with van der Waals surface area (Å²) in [6.07, 6.45) is -5.24. The number of alkyl halides is 3. The Morgan fingerprint density at radius 3 is 2.43 bits per heavy atom. The van der Waals surface area contributed by atoms with E-state index in [0.717, 1.165) is 6.39 Å². The predicted octanol–water partition coefficient (Wildman–Crippen LogP) is 4.54. The van der Waals surface area contributed by atoms with Crippen molar-refractivity contribution in [2.75, 3.05) is 5.32 Å². The van der Waals surface area contributed by atoms with Gasteiger partial charge in [0.2, 0.25) is 11.8 Å². The lowest BCUT2D eigenvalue weighted by atomic mass is 10.1. The van der Waals surface area contributed by atoms with Crippen molar-refractivity contribution >= 4 is 35.0 Å². The van der Waals surface area contributed by atoms with E-state index in [-0.39, 0.29) is 11.6 Å². The molecule has 1 aromatic heterocycles. The van der Waals surface area contributed by atoms with Crippen molar-refractivity contribution in [3.8, 4) is 11.3 Å². The minimum Gasteiger partial charge on any atom is -0.427 e. The number of nitrogens with one attached hydrogen (secondary N) is 1. The number of benzene rings is 1. The first-order valence-corrected chi connectivity index (χ1v) is 6.27. The van der Waals surface area contributed by atoms with Crippen molar-refractivity contribution in [2.24, 2.45) is 0 Å². The zero-order chi connectivity index (χ0) is 15.6. The molecule has 0 saturated heterocycles. The monoisotopic (exact) mass is 338 g/mol. The number of hydrogen-bond acceptors (Lipinski definition) is 3. The summed E-state index contributed by atoms with van der Waals surface area (Å²) in [6.45, 7) is 0. The van der Waals surface area contributed by atoms with E-state index in [4.69, 9.17) is 27.6 Å². The van der Waals surface area contributed by atoms with E-state index in [9.17, 15) is 18.0 Å². The Balaban J connectivity index is 2.24. The number of halogens is 5. The Morgan fingerprint density at radius 2 is 1.86 bits per heavy atom. The second-order valence-corrected chi connectivity index (χ2v) is 4.90. The molecule has 2 rings (SSSR count). The maximum absolute atomic E-state index is 12.1. The van der Waals surface area contributed by atoms with Gasteiger partial charge in [0.05, 0.1) is 0 Å². The number of anilines is 1. The number of carbonyl (C=O) groups excluding carboxylic acids is 1. The molecule has 112 valence electrons. The summed E-state index contributed by atoms with van der Waals surface area (Å²) in [6, 6.07) is 4.46. The fraction of sp³-hybridized carbons (Fsp3) is 0.167. The summed E-state index contributed by atoms with van der Waals surface area (Å²) >= 11 is 11.7. The highest BCUT2D eigenvalue weighted by Crippen LogP contribution is 2.31. The number of oxazole rings is 1. The van der Waals surface area contributed by atoms with Gasteiger partial charge in [0.25, 0.3) is 0 Å². The average Bonchev–Trinajstić information content (AvgIpc) is 2.72. The van der Waals surface area contributed by atoms with E-state index in [0.29, 0.717) is 15.6 Å². The van der Waals surface area contributed by atoms with Gasteiger partial charge in [0.1, 0.15) is 12.1 Å². The molecule has 0 spiro atoms. The molecule has 1 heterocycles. The van der Waals surface area contributed by atoms with Gasteiger partial charge in [-0.25, -0.2) is 4.98 Å². The maximum Gasteiger partial charge on any atom is 0.397 e. The fourth-order valence-electron chi connectivity index (χ4n) is 1.58. The smallest absolute Gasteiger partial charge is 0.397 e. The SMILES string of the molecule is O=C(CC(F)(F)F)Nc1ocnc1-c1cc(Cl)cc(Cl)c1. The Morgan fingerprint density at radius 1 is 1.24 bits per heavy atom. The van der Waals surface area contributed by atoms with E-state index >= 15 is 0 Å². The van der Waals surface area contributed by atoms with Crippen LogP contribution in [-0.2, 0) is 4.79 Å². The van der Waals surface area contributed by atoms with E-state index in [1.165, 1.54) is 18.2 Å². The summed E-state index contributed by atoms with van der Waals surface area (Å²) in [5.41, 5.74) is 0.540. The highest BCUT2D eigenvalue weighted by molar-refractivity contribution is 6.35. The van der Waals surface area contributed by atoms with Crippen LogP contribution in [0, 0.1) is 0 Å². The molecule has 1 amide bonds. The molecular weight excluding hydrogens is 332 g/mol. The Kier molecular flexibility index (Phi) is 4.43. The molecule has 0 aliphatic rings. The minimum absolute atomic E-state index is 0.134. The molecule has 0 bridgehead atoms. The summed E-state index contributed by atoms with van der Waals surface area (Å²) in [7, 11) is 0. The lowest BCUT2D eigenvalue weighted by Gasteiger charge is -2.07. The van der Waals surface area contributed by atoms with E-state index in [1.807, 2.05) is 5.32 Å². The standard InChI is InChI=1S/C12H7Cl2F3N2O2/c13-7-1-6(2-8(14)3-7)10-11(21-5-18-10)19-9(20)4-12(15,16)17/h1-3,5H,4H2,(H,19,20). The average molecular weight is 339 g/mol. The molecule has 0 aliphatic heterocycles. The first-order valence-electron chi connectivity index (χ1n) is 5.51. The number of nitrogens with zero attached hydrogens (tertiary/aromatic N) is 1. The van der Waals surface area contributed by atoms with E-state index < -0.39 is 18.5 Å². The minimum atomic E-state index is -4.61. The highest BCUT2D eigenvalue weighted by atomic mass is 35.5. The van der Waals surface area contributed by atoms with Crippen LogP contribution in [0.1, 0.15) is 6.42 Å². The lowest BCUT2D eigenvalue weighted by molar-refractivity contribution is -0.150. The number of aromatic nitrogens is 1. The van der Waals surface area contributed by atoms with Crippen LogP contribution in [0.3, 0.4) is 0 Å². The lowest BCUT2D eigenvalue weighted by Crippen LogP contribution is -2.21. The van der Waals surface area contributed by atoms with E-state index in [1.54, 1.807) is 0 Å². The molecular formula is C12H7Cl2F3N2O2. The van der Waals surface area contributed by atoms with Crippen LogP contribution in [-0.4, -0.2) is 17.1 Å². The van der Waals surface area contributed by atoms with Crippen LogP contribution in [0.5, 0.6) is 0 Å². The fourth-order valence-corrected chi connectivity index (χ4v) is 2.11. The van der Waals surface area contributed by atoms with Crippen LogP contribution < -0.4 is 5.32 Å². The largest absolute Gasteiger partial charge is 0.427 e. The molecule has 21 heavy (non-hydrogen) atoms. The van der Waals surface area contributed by atoms with Gasteiger partial charge in [-0.1, -0.05) is 23.2 Å². The highest BCUT2D eigenvalue weighted by Gasteiger charge is 2.32. The zero-order valence-corrected chi connectivity index (χ0v) is 11.7. The molecule has 9 heteroatoms. The number of carbonyl (C=O) groups is 1. The summed E-state index contributed by atoms with van der Waals surface area (Å²) < 4.78 is 41.3. The van der Waals surface area contributed by atoms with Gasteiger partial charge in [-0.2, -0.15) is 13.2 Å². The molecule has 1 N–H and O–H groups in total. The van der Waals surface area contributed by atoms with Gasteiger partial charge in [-0.05, 0) is 18.2 Å². The van der Waals surface area contributed by atoms with Crippen LogP contribution in [0.25, 0.3) is 11.3 Å². The van der Waals surface area contributed by atoms with Crippen LogP contribution >= 0.6 is 23.2 Å². The van der Waals surface area contributed by atoms with Crippen molar-refractivity contribution in [1.82, 2.24) is 4.98 Å². The third kappa shape index (κ3) is 4.37. The van der Waals surface area contributed by atoms with Gasteiger partial charge < -0.3 is 4.42 Å². The Bertz CT molecular complexity index is 651. The second kappa shape index (κ2) is 5.95. The van der Waals surface area contributed by atoms with Gasteiger partial charge >= 0.3 is 6.18 Å². The summed E-state index contributed by atoms with van der Waals surface area (Å²) in [5, 5.41) is 2.64. The quantitative estimate of drug-likeness (QED) is 0.893. The molecule has 0 saturated carbocycles. The van der Waals surface area contributed by atoms with Crippen LogP contribution in [0.2, 0.25) is 10.0 Å². The normalized spacial score (nSPS) is 11.5. The molecule has 0 fully saturated rings. The third-order valence-electron chi connectivity index (χ3n) is 2.32. The molecule has 4 nitrogen and oxygen atoms in total. The van der Waals surface area contributed by atoms with Crippen LogP contribution in [0.15, 0.2) is 29.0 Å². The first kappa shape index (κ1) is 15.7. The van der Waals surface area contributed by atoms with Crippen molar-refractivity contribution in [3.63, 3.8) is 0 Å². The molecule has 2 aromatic rings. The molecule has 0 radical (unpaired) electrons. The summed E-state index contributed by atoms with van der Waals surface area (Å²) in [4.78, 5) is 15.1. The summed E-state index contributed by atoms with van der Waals surface area (Å²) in [5.74, 6) is -1.46. The van der Waals surface area contributed by atoms with Crippen molar-refractivity contribution in [2.45, 2.75) is 12.6 Å². The molecule has 0 atom stereocenters. The number of hydrogen-bond donors (Lipinski definition) is 1. The number of amides is 1. The maximum atomic E-state index is 12.1. The van der Waals surface area contributed by atoms with Gasteiger partial charge in [0.15, 0.2) is 6.39 Å². The Hall–Kier alpha value is -1.73. The van der Waals surface area contributed by atoms with Gasteiger partial charge in [-0.3, -0.25) is 10.1 Å². The second-order valence-electron chi connectivity index (χ2n) is 4.03. The van der Waals surface area contributed by atoms with Crippen molar-refractivity contribution in [1.29, 1.82) is 0 Å². The molecule has 0 aliphatic carbocycles. The zero-order valence-electron chi connectivity index (χ0n) is 10.2. The van der Waals surface area contributed by atoms with Gasteiger partial charge in [0, 0.05) is 15.6 Å². The Labute approximate surface area is 126 Å². The molecule has 0 unspecified atom stereocenters. The van der Waals surface area contributed by atoms with Gasteiger partial charge in [-0.15, -0.1) is 0 Å². The predicted molar refractivity (Wildman–Crippen MR) is 71.3 cm³/mol. The third-order valence-corrected chi connectivity index (χ3v) is 2.75. The molecule has 1 aromatic carbocycles. The van der Waals surface area contributed by atoms with E-state index in [2.05, 4.69) is 4.98 Å². The van der Waals surface area contributed by atoms with Crippen LogP contribution in [0.4, 0.5) is 19.1 Å². The topological polar surface area (TPSA) is 55.1 Å². The number of rotatable bonds is 3. The first-order chi connectivity index (χ1) is 9.74.